The van der Waals surface area contributed by atoms with Crippen LogP contribution in [0.15, 0.2) is 23.9 Å². The molecule has 0 radical (unpaired) electrons. The number of nitrogens with one attached hydrogen (secondary N) is 1. The number of carbonyl (C=O) groups excluding carboxylic acids is 2. The van der Waals surface area contributed by atoms with Crippen LogP contribution in [0.25, 0.3) is 0 Å². The number of unbranched alkanes of at least 4 members (excludes halogenated alkanes) is 5. The van der Waals surface area contributed by atoms with Crippen molar-refractivity contribution in [2.75, 3.05) is 20.8 Å². The van der Waals surface area contributed by atoms with Crippen molar-refractivity contribution < 1.29 is 19.1 Å². The van der Waals surface area contributed by atoms with Gasteiger partial charge in [0.2, 0.25) is 0 Å². The van der Waals surface area contributed by atoms with Crippen molar-refractivity contribution in [2.45, 2.75) is 45.4 Å². The number of hydrogen-bond acceptors (Lipinski definition) is 5. The van der Waals surface area contributed by atoms with E-state index >= 15 is 0 Å². The zero-order chi connectivity index (χ0) is 15.9. The standard InChI is InChI=1S/C16H27NO4/c1-4-5-6-7-8-9-13-17-14(16(19)21-3)11-10-12-15(18)20-2/h10-12,17H,4-9,13H2,1-3H3/b12-10+,14-11+. The molecule has 0 aliphatic rings. The molecule has 0 saturated carbocycles. The molecule has 0 atom stereocenters. The number of methoxy groups -OCH3 is 2. The van der Waals surface area contributed by atoms with Gasteiger partial charge in [-0.3, -0.25) is 0 Å². The van der Waals surface area contributed by atoms with Crippen LogP contribution in [0.5, 0.6) is 0 Å². The Morgan fingerprint density at radius 2 is 1.67 bits per heavy atom. The summed E-state index contributed by atoms with van der Waals surface area (Å²) in [5.74, 6) is -0.915. The molecule has 5 heteroatoms. The molecule has 0 amide bonds. The molecule has 120 valence electrons. The fourth-order valence-electron chi connectivity index (χ4n) is 1.73. The lowest BCUT2D eigenvalue weighted by molar-refractivity contribution is -0.137. The van der Waals surface area contributed by atoms with Gasteiger partial charge in [0, 0.05) is 12.6 Å². The minimum absolute atomic E-state index is 0.339. The van der Waals surface area contributed by atoms with Gasteiger partial charge in [0.15, 0.2) is 0 Å². The van der Waals surface area contributed by atoms with Crippen molar-refractivity contribution >= 4 is 11.9 Å². The second kappa shape index (κ2) is 13.2. The monoisotopic (exact) mass is 297 g/mol. The number of ether oxygens (including phenoxy) is 2. The first-order valence-corrected chi connectivity index (χ1v) is 7.44. The molecule has 1 N–H and O–H groups in total. The molecule has 0 saturated heterocycles. The van der Waals surface area contributed by atoms with E-state index in [9.17, 15) is 9.59 Å². The van der Waals surface area contributed by atoms with Crippen LogP contribution in [0.2, 0.25) is 0 Å². The quantitative estimate of drug-likeness (QED) is 0.275. The van der Waals surface area contributed by atoms with Gasteiger partial charge in [-0.1, -0.05) is 45.1 Å². The van der Waals surface area contributed by atoms with Crippen LogP contribution in [0.1, 0.15) is 45.4 Å². The molecular weight excluding hydrogens is 270 g/mol. The number of allylic oxidation sites excluding steroid dienone is 2. The van der Waals surface area contributed by atoms with Crippen LogP contribution >= 0.6 is 0 Å². The molecule has 0 heterocycles. The zero-order valence-corrected chi connectivity index (χ0v) is 13.3. The van der Waals surface area contributed by atoms with Gasteiger partial charge in [-0.2, -0.15) is 0 Å². The largest absolute Gasteiger partial charge is 0.466 e. The molecule has 0 aliphatic heterocycles. The molecule has 0 aromatic heterocycles. The summed E-state index contributed by atoms with van der Waals surface area (Å²) < 4.78 is 9.16. The smallest absolute Gasteiger partial charge is 0.354 e. The first kappa shape index (κ1) is 19.2. The Bertz CT molecular complexity index is 361. The third-order valence-corrected chi connectivity index (χ3v) is 2.95. The highest BCUT2D eigenvalue weighted by Crippen LogP contribution is 2.04. The number of rotatable bonds is 11. The first-order valence-electron chi connectivity index (χ1n) is 7.44. The second-order valence-electron chi connectivity index (χ2n) is 4.65. The van der Waals surface area contributed by atoms with Gasteiger partial charge in [-0.05, 0) is 12.5 Å². The third-order valence-electron chi connectivity index (χ3n) is 2.95. The second-order valence-corrected chi connectivity index (χ2v) is 4.65. The highest BCUT2D eigenvalue weighted by Gasteiger charge is 2.07. The normalized spacial score (nSPS) is 11.5. The van der Waals surface area contributed by atoms with E-state index in [-0.39, 0.29) is 0 Å². The molecule has 21 heavy (non-hydrogen) atoms. The molecule has 0 aromatic rings. The lowest BCUT2D eigenvalue weighted by atomic mass is 10.1. The molecule has 0 spiro atoms. The van der Waals surface area contributed by atoms with Crippen LogP contribution in [0.4, 0.5) is 0 Å². The van der Waals surface area contributed by atoms with E-state index < -0.39 is 11.9 Å². The summed E-state index contributed by atoms with van der Waals surface area (Å²) >= 11 is 0. The van der Waals surface area contributed by atoms with Crippen LogP contribution in [-0.2, 0) is 19.1 Å². The van der Waals surface area contributed by atoms with Crippen molar-refractivity contribution in [3.63, 3.8) is 0 Å². The summed E-state index contributed by atoms with van der Waals surface area (Å²) in [5.41, 5.74) is 0.339. The molecule has 0 bridgehead atoms. The Labute approximate surface area is 127 Å². The Balaban J connectivity index is 4.14. The number of esters is 2. The Morgan fingerprint density at radius 3 is 2.29 bits per heavy atom. The fourth-order valence-corrected chi connectivity index (χ4v) is 1.73. The van der Waals surface area contributed by atoms with E-state index in [4.69, 9.17) is 0 Å². The molecule has 0 aliphatic carbocycles. The van der Waals surface area contributed by atoms with Crippen molar-refractivity contribution in [2.24, 2.45) is 0 Å². The predicted octanol–water partition coefficient (Wildman–Crippen LogP) is 2.72. The van der Waals surface area contributed by atoms with Gasteiger partial charge >= 0.3 is 11.9 Å². The fraction of sp³-hybridized carbons (Fsp3) is 0.625. The SMILES string of the molecule is CCCCCCCCN/C(=C/C=C/C(=O)OC)C(=O)OC. The van der Waals surface area contributed by atoms with E-state index in [1.54, 1.807) is 0 Å². The molecule has 0 rings (SSSR count). The summed E-state index contributed by atoms with van der Waals surface area (Å²) in [4.78, 5) is 22.5. The summed E-state index contributed by atoms with van der Waals surface area (Å²) in [7, 11) is 2.63. The van der Waals surface area contributed by atoms with Gasteiger partial charge in [-0.25, -0.2) is 9.59 Å². The molecule has 5 nitrogen and oxygen atoms in total. The molecule has 0 unspecified atom stereocenters. The molecular formula is C16H27NO4. The zero-order valence-electron chi connectivity index (χ0n) is 13.3. The molecule has 0 fully saturated rings. The van der Waals surface area contributed by atoms with E-state index in [2.05, 4.69) is 21.7 Å². The summed E-state index contributed by atoms with van der Waals surface area (Å²) in [5, 5.41) is 3.04. The maximum Gasteiger partial charge on any atom is 0.354 e. The Morgan fingerprint density at radius 1 is 1.00 bits per heavy atom. The highest BCUT2D eigenvalue weighted by atomic mass is 16.5. The summed E-state index contributed by atoms with van der Waals surface area (Å²) in [6, 6.07) is 0. The minimum atomic E-state index is -0.466. The Kier molecular flexibility index (Phi) is 12.1. The maximum absolute atomic E-state index is 11.6. The predicted molar refractivity (Wildman–Crippen MR) is 82.6 cm³/mol. The van der Waals surface area contributed by atoms with Gasteiger partial charge in [0.05, 0.1) is 14.2 Å². The van der Waals surface area contributed by atoms with Crippen LogP contribution < -0.4 is 5.32 Å². The van der Waals surface area contributed by atoms with Crippen molar-refractivity contribution in [1.82, 2.24) is 5.32 Å². The van der Waals surface area contributed by atoms with Crippen molar-refractivity contribution in [3.05, 3.63) is 23.9 Å². The Hall–Kier alpha value is -1.78. The van der Waals surface area contributed by atoms with E-state index in [0.29, 0.717) is 12.2 Å². The van der Waals surface area contributed by atoms with Crippen LogP contribution in [0, 0.1) is 0 Å². The van der Waals surface area contributed by atoms with E-state index in [0.717, 1.165) is 12.8 Å². The van der Waals surface area contributed by atoms with Crippen molar-refractivity contribution in [3.8, 4) is 0 Å². The third kappa shape index (κ3) is 10.6. The lowest BCUT2D eigenvalue weighted by Crippen LogP contribution is -2.22. The van der Waals surface area contributed by atoms with Gasteiger partial charge < -0.3 is 14.8 Å². The average molecular weight is 297 g/mol. The number of hydrogen-bond donors (Lipinski definition) is 1. The topological polar surface area (TPSA) is 64.6 Å². The highest BCUT2D eigenvalue weighted by molar-refractivity contribution is 5.88. The minimum Gasteiger partial charge on any atom is -0.466 e. The molecule has 0 aromatic carbocycles. The van der Waals surface area contributed by atoms with Crippen LogP contribution in [0.3, 0.4) is 0 Å². The number of carbonyl (C=O) groups is 2. The van der Waals surface area contributed by atoms with Crippen LogP contribution in [-0.4, -0.2) is 32.7 Å². The van der Waals surface area contributed by atoms with Crippen molar-refractivity contribution in [1.29, 1.82) is 0 Å². The summed E-state index contributed by atoms with van der Waals surface area (Å²) in [6.45, 7) is 2.90. The average Bonchev–Trinajstić information content (AvgIpc) is 2.51. The van der Waals surface area contributed by atoms with Gasteiger partial charge in [-0.15, -0.1) is 0 Å². The van der Waals surface area contributed by atoms with Gasteiger partial charge in [0.1, 0.15) is 5.70 Å². The lowest BCUT2D eigenvalue weighted by Gasteiger charge is -2.08. The van der Waals surface area contributed by atoms with E-state index in [1.165, 1.54) is 58.1 Å². The first-order chi connectivity index (χ1) is 10.2. The van der Waals surface area contributed by atoms with E-state index in [1.807, 2.05) is 0 Å². The maximum atomic E-state index is 11.6. The van der Waals surface area contributed by atoms with Gasteiger partial charge in [0.25, 0.3) is 0 Å². The summed E-state index contributed by atoms with van der Waals surface area (Å²) in [6.07, 6.45) is 11.4.